The largest absolute Gasteiger partial charge is 0.382 e. The van der Waals surface area contributed by atoms with Crippen molar-refractivity contribution in [3.8, 4) is 6.07 Å². The number of anilines is 2. The standard InChI is InChI=1S/C25H19FN10O/c1-14-29-9-22-24(28)32-20-6-19(26)18(5-21(20)36(14)22)25(37)35(17-8-30-33(2)13-17)12-16-11-34-10-15(7-27)3-4-23(34)31-16/h3-6,8-11,13H,12H2,1-2H3,(H2,28,32). The molecule has 1 amide bonds. The molecular weight excluding hydrogens is 475 g/mol. The van der Waals surface area contributed by atoms with Crippen molar-refractivity contribution in [2.75, 3.05) is 10.6 Å². The molecule has 0 aliphatic heterocycles. The Morgan fingerprint density at radius 3 is 2.76 bits per heavy atom. The Kier molecular flexibility index (Phi) is 4.87. The van der Waals surface area contributed by atoms with E-state index in [4.69, 9.17) is 5.73 Å². The minimum absolute atomic E-state index is 0.0467. The highest BCUT2D eigenvalue weighted by molar-refractivity contribution is 6.07. The lowest BCUT2D eigenvalue weighted by atomic mass is 10.1. The number of hydrogen-bond donors (Lipinski definition) is 1. The lowest BCUT2D eigenvalue weighted by Gasteiger charge is -2.21. The van der Waals surface area contributed by atoms with Crippen molar-refractivity contribution in [2.45, 2.75) is 13.5 Å². The fourth-order valence-corrected chi connectivity index (χ4v) is 4.42. The fraction of sp³-hybridized carbons (Fsp3) is 0.120. The Morgan fingerprint density at radius 2 is 2.00 bits per heavy atom. The molecule has 0 fully saturated rings. The number of nitrogen functional groups attached to an aromatic ring is 1. The highest BCUT2D eigenvalue weighted by Crippen LogP contribution is 2.27. The quantitative estimate of drug-likeness (QED) is 0.398. The van der Waals surface area contributed by atoms with Crippen LogP contribution in [0.1, 0.15) is 27.4 Å². The van der Waals surface area contributed by atoms with Crippen LogP contribution in [0.5, 0.6) is 0 Å². The molecule has 182 valence electrons. The summed E-state index contributed by atoms with van der Waals surface area (Å²) in [4.78, 5) is 28.4. The van der Waals surface area contributed by atoms with Gasteiger partial charge < -0.3 is 10.1 Å². The number of halogens is 1. The van der Waals surface area contributed by atoms with E-state index in [0.29, 0.717) is 45.0 Å². The maximum absolute atomic E-state index is 15.4. The number of pyridine rings is 1. The molecule has 0 spiro atoms. The van der Waals surface area contributed by atoms with Crippen molar-refractivity contribution in [3.05, 3.63) is 83.7 Å². The van der Waals surface area contributed by atoms with E-state index in [1.807, 2.05) is 0 Å². The molecule has 0 saturated carbocycles. The fourth-order valence-electron chi connectivity index (χ4n) is 4.42. The molecule has 0 radical (unpaired) electrons. The Bertz CT molecular complexity index is 1910. The normalized spacial score (nSPS) is 11.4. The van der Waals surface area contributed by atoms with Crippen molar-refractivity contribution >= 4 is 39.6 Å². The van der Waals surface area contributed by atoms with Crippen LogP contribution in [0.25, 0.3) is 22.2 Å². The predicted octanol–water partition coefficient (Wildman–Crippen LogP) is 3.01. The molecule has 2 N–H and O–H groups in total. The average Bonchev–Trinajstić information content (AvgIpc) is 3.59. The summed E-state index contributed by atoms with van der Waals surface area (Å²) in [5.74, 6) is -0.464. The van der Waals surface area contributed by atoms with Gasteiger partial charge in [0.15, 0.2) is 0 Å². The third kappa shape index (κ3) is 3.61. The molecule has 5 heterocycles. The Hall–Kier alpha value is -5.31. The zero-order chi connectivity index (χ0) is 25.8. The molecule has 0 unspecified atom stereocenters. The van der Waals surface area contributed by atoms with Gasteiger partial charge in [0.05, 0.1) is 52.5 Å². The number of fused-ring (bicyclic) bond motifs is 4. The molecule has 0 saturated heterocycles. The summed E-state index contributed by atoms with van der Waals surface area (Å²) in [7, 11) is 1.73. The van der Waals surface area contributed by atoms with Crippen molar-refractivity contribution in [1.29, 1.82) is 5.26 Å². The van der Waals surface area contributed by atoms with Gasteiger partial charge in [-0.15, -0.1) is 0 Å². The number of imidazole rings is 2. The van der Waals surface area contributed by atoms with Crippen LogP contribution < -0.4 is 10.6 Å². The summed E-state index contributed by atoms with van der Waals surface area (Å²) >= 11 is 0. The first-order chi connectivity index (χ1) is 17.8. The summed E-state index contributed by atoms with van der Waals surface area (Å²) in [5, 5.41) is 13.4. The summed E-state index contributed by atoms with van der Waals surface area (Å²) in [5.41, 5.74) is 9.40. The molecule has 0 aliphatic carbocycles. The van der Waals surface area contributed by atoms with E-state index < -0.39 is 11.7 Å². The number of nitrogens with two attached hydrogens (primary N) is 1. The van der Waals surface area contributed by atoms with Crippen molar-refractivity contribution < 1.29 is 9.18 Å². The van der Waals surface area contributed by atoms with Gasteiger partial charge in [-0.1, -0.05) is 0 Å². The molecule has 0 aliphatic rings. The molecule has 5 aromatic heterocycles. The van der Waals surface area contributed by atoms with E-state index in [9.17, 15) is 10.1 Å². The van der Waals surface area contributed by atoms with Crippen LogP contribution >= 0.6 is 0 Å². The second-order valence-electron chi connectivity index (χ2n) is 8.63. The van der Waals surface area contributed by atoms with Crippen LogP contribution in [-0.2, 0) is 13.6 Å². The molecule has 1 aromatic carbocycles. The topological polar surface area (TPSA) is 135 Å². The molecule has 0 atom stereocenters. The minimum atomic E-state index is -0.732. The third-order valence-electron chi connectivity index (χ3n) is 6.18. The van der Waals surface area contributed by atoms with E-state index in [-0.39, 0.29) is 17.9 Å². The van der Waals surface area contributed by atoms with Crippen molar-refractivity contribution in [1.82, 2.24) is 33.5 Å². The maximum atomic E-state index is 15.4. The highest BCUT2D eigenvalue weighted by atomic mass is 19.1. The predicted molar refractivity (Wildman–Crippen MR) is 133 cm³/mol. The van der Waals surface area contributed by atoms with Gasteiger partial charge in [0.1, 0.15) is 34.7 Å². The summed E-state index contributed by atoms with van der Waals surface area (Å²) in [6.45, 7) is 1.84. The first-order valence-corrected chi connectivity index (χ1v) is 11.2. The molecular formula is C25H19FN10O. The van der Waals surface area contributed by atoms with Gasteiger partial charge in [-0.3, -0.25) is 18.8 Å². The number of rotatable bonds is 4. The molecule has 12 heteroatoms. The first kappa shape index (κ1) is 22.2. The zero-order valence-corrected chi connectivity index (χ0v) is 19.8. The van der Waals surface area contributed by atoms with Crippen LogP contribution in [-0.4, -0.2) is 39.4 Å². The van der Waals surface area contributed by atoms with Crippen LogP contribution in [0.15, 0.2) is 55.2 Å². The smallest absolute Gasteiger partial charge is 0.261 e. The monoisotopic (exact) mass is 494 g/mol. The van der Waals surface area contributed by atoms with Crippen LogP contribution in [0.2, 0.25) is 0 Å². The summed E-state index contributed by atoms with van der Waals surface area (Å²) in [6.07, 6.45) is 8.17. The number of nitrogens with zero attached hydrogens (tertiary/aromatic N) is 9. The minimum Gasteiger partial charge on any atom is -0.382 e. The van der Waals surface area contributed by atoms with E-state index >= 15 is 4.39 Å². The Labute approximate surface area is 208 Å². The molecule has 6 aromatic rings. The van der Waals surface area contributed by atoms with Crippen LogP contribution in [0, 0.1) is 24.1 Å². The Balaban J connectivity index is 1.47. The summed E-state index contributed by atoms with van der Waals surface area (Å²) in [6, 6.07) is 8.15. The maximum Gasteiger partial charge on any atom is 0.261 e. The second kappa shape index (κ2) is 8.13. The van der Waals surface area contributed by atoms with Crippen molar-refractivity contribution in [2.24, 2.45) is 7.05 Å². The third-order valence-corrected chi connectivity index (χ3v) is 6.18. The lowest BCUT2D eigenvalue weighted by molar-refractivity contribution is 0.0981. The van der Waals surface area contributed by atoms with Crippen LogP contribution in [0.3, 0.4) is 0 Å². The SMILES string of the molecule is Cc1ncc2c(N)nc3cc(F)c(C(=O)N(Cc4cn5cc(C#N)ccc5n4)c4cnn(C)c4)cc3n12. The number of carbonyl (C=O) groups is 1. The zero-order valence-electron chi connectivity index (χ0n) is 19.8. The highest BCUT2D eigenvalue weighted by Gasteiger charge is 2.25. The van der Waals surface area contributed by atoms with E-state index in [1.54, 1.807) is 64.4 Å². The second-order valence-corrected chi connectivity index (χ2v) is 8.63. The van der Waals surface area contributed by atoms with E-state index in [0.717, 1.165) is 0 Å². The average molecular weight is 494 g/mol. The summed E-state index contributed by atoms with van der Waals surface area (Å²) < 4.78 is 20.4. The lowest BCUT2D eigenvalue weighted by Crippen LogP contribution is -2.31. The van der Waals surface area contributed by atoms with E-state index in [1.165, 1.54) is 23.2 Å². The van der Waals surface area contributed by atoms with Crippen molar-refractivity contribution in [3.63, 3.8) is 0 Å². The Morgan fingerprint density at radius 1 is 1.16 bits per heavy atom. The molecule has 11 nitrogen and oxygen atoms in total. The number of aromatic nitrogens is 7. The first-order valence-electron chi connectivity index (χ1n) is 11.2. The van der Waals surface area contributed by atoms with Gasteiger partial charge in [0, 0.05) is 31.7 Å². The van der Waals surface area contributed by atoms with Gasteiger partial charge in [0.25, 0.3) is 5.91 Å². The van der Waals surface area contributed by atoms with E-state index in [2.05, 4.69) is 26.1 Å². The number of carbonyl (C=O) groups excluding carboxylic acids is 1. The molecule has 6 rings (SSSR count). The number of nitriles is 1. The van der Waals surface area contributed by atoms with Gasteiger partial charge in [-0.2, -0.15) is 10.4 Å². The molecule has 37 heavy (non-hydrogen) atoms. The van der Waals surface area contributed by atoms with Gasteiger partial charge in [-0.05, 0) is 25.1 Å². The number of aryl methyl sites for hydroxylation is 2. The van der Waals surface area contributed by atoms with Gasteiger partial charge >= 0.3 is 0 Å². The molecule has 0 bridgehead atoms. The number of hydrogen-bond acceptors (Lipinski definition) is 7. The van der Waals surface area contributed by atoms with Crippen LogP contribution in [0.4, 0.5) is 15.9 Å². The van der Waals surface area contributed by atoms with Gasteiger partial charge in [0.2, 0.25) is 0 Å². The number of amides is 1. The van der Waals surface area contributed by atoms with Gasteiger partial charge in [-0.25, -0.2) is 19.3 Å². The number of benzene rings is 1.